The van der Waals surface area contributed by atoms with Crippen molar-refractivity contribution in [1.29, 1.82) is 0 Å². The molecular formula is C10H12N2O. The van der Waals surface area contributed by atoms with E-state index in [9.17, 15) is 4.79 Å². The number of hydrogen-bond donors (Lipinski definition) is 2. The van der Waals surface area contributed by atoms with Crippen molar-refractivity contribution in [2.24, 2.45) is 0 Å². The molecule has 0 heterocycles. The highest BCUT2D eigenvalue weighted by molar-refractivity contribution is 5.89. The summed E-state index contributed by atoms with van der Waals surface area (Å²) in [4.78, 5) is 10.9. The van der Waals surface area contributed by atoms with Gasteiger partial charge in [0.05, 0.1) is 0 Å². The molecular weight excluding hydrogens is 164 g/mol. The molecule has 2 N–H and O–H groups in total. The summed E-state index contributed by atoms with van der Waals surface area (Å²) in [5, 5.41) is 5.13. The van der Waals surface area contributed by atoms with E-state index in [1.54, 1.807) is 13.1 Å². The second kappa shape index (κ2) is 4.30. The molecule has 0 radical (unpaired) electrons. The first-order valence-corrected chi connectivity index (χ1v) is 3.97. The Hall–Kier alpha value is -1.77. The summed E-state index contributed by atoms with van der Waals surface area (Å²) in [7, 11) is 1.58. The first-order valence-electron chi connectivity index (χ1n) is 3.97. The van der Waals surface area contributed by atoms with Gasteiger partial charge in [-0.1, -0.05) is 24.8 Å². The summed E-state index contributed by atoms with van der Waals surface area (Å²) in [5.74, 6) is 0. The number of carbonyl (C=O) groups is 1. The number of urea groups is 1. The van der Waals surface area contributed by atoms with Crippen LogP contribution in [0.5, 0.6) is 0 Å². The zero-order chi connectivity index (χ0) is 9.68. The number of nitrogens with one attached hydrogen (secondary N) is 2. The van der Waals surface area contributed by atoms with Crippen molar-refractivity contribution in [3.63, 3.8) is 0 Å². The maximum Gasteiger partial charge on any atom is 0.318 e. The van der Waals surface area contributed by atoms with Crippen LogP contribution < -0.4 is 10.6 Å². The second-order valence-corrected chi connectivity index (χ2v) is 2.53. The average molecular weight is 176 g/mol. The molecule has 0 aliphatic carbocycles. The molecule has 1 aromatic carbocycles. The fourth-order valence-electron chi connectivity index (χ4n) is 0.896. The van der Waals surface area contributed by atoms with E-state index in [2.05, 4.69) is 17.2 Å². The summed E-state index contributed by atoms with van der Waals surface area (Å²) < 4.78 is 0. The Balaban J connectivity index is 2.69. The highest BCUT2D eigenvalue weighted by atomic mass is 16.2. The number of carbonyl (C=O) groups excluding carboxylic acids is 1. The number of benzene rings is 1. The zero-order valence-corrected chi connectivity index (χ0v) is 7.50. The van der Waals surface area contributed by atoms with Gasteiger partial charge in [0, 0.05) is 12.7 Å². The predicted molar refractivity (Wildman–Crippen MR) is 54.6 cm³/mol. The summed E-state index contributed by atoms with van der Waals surface area (Å²) in [6, 6.07) is 7.21. The first-order chi connectivity index (χ1) is 6.26. The number of rotatable bonds is 2. The van der Waals surface area contributed by atoms with Gasteiger partial charge in [-0.25, -0.2) is 4.79 Å². The first kappa shape index (κ1) is 9.32. The predicted octanol–water partition coefficient (Wildman–Crippen LogP) is 2.08. The van der Waals surface area contributed by atoms with Crippen molar-refractivity contribution in [3.05, 3.63) is 36.4 Å². The molecule has 2 amide bonds. The van der Waals surface area contributed by atoms with Gasteiger partial charge < -0.3 is 10.6 Å². The van der Waals surface area contributed by atoms with E-state index in [-0.39, 0.29) is 6.03 Å². The smallest absolute Gasteiger partial charge is 0.318 e. The monoisotopic (exact) mass is 176 g/mol. The van der Waals surface area contributed by atoms with Crippen molar-refractivity contribution in [3.8, 4) is 0 Å². The molecule has 3 nitrogen and oxygen atoms in total. The van der Waals surface area contributed by atoms with Crippen LogP contribution in [0.3, 0.4) is 0 Å². The van der Waals surface area contributed by atoms with Gasteiger partial charge >= 0.3 is 6.03 Å². The van der Waals surface area contributed by atoms with Crippen LogP contribution in [-0.2, 0) is 0 Å². The van der Waals surface area contributed by atoms with E-state index in [0.717, 1.165) is 11.3 Å². The minimum atomic E-state index is -0.216. The van der Waals surface area contributed by atoms with Crippen LogP contribution >= 0.6 is 0 Å². The van der Waals surface area contributed by atoms with E-state index in [1.165, 1.54) is 0 Å². The molecule has 0 aliphatic heterocycles. The average Bonchev–Trinajstić information content (AvgIpc) is 2.19. The van der Waals surface area contributed by atoms with Crippen LogP contribution in [0.25, 0.3) is 6.08 Å². The lowest BCUT2D eigenvalue weighted by molar-refractivity contribution is 0.254. The molecule has 3 heteroatoms. The van der Waals surface area contributed by atoms with Crippen molar-refractivity contribution < 1.29 is 4.79 Å². The Bertz CT molecular complexity index is 303. The minimum absolute atomic E-state index is 0.216. The fourth-order valence-corrected chi connectivity index (χ4v) is 0.896. The van der Waals surface area contributed by atoms with Crippen molar-refractivity contribution >= 4 is 17.8 Å². The highest BCUT2D eigenvalue weighted by Gasteiger charge is 1.96. The minimum Gasteiger partial charge on any atom is -0.341 e. The zero-order valence-electron chi connectivity index (χ0n) is 7.50. The summed E-state index contributed by atoms with van der Waals surface area (Å²) in [5.41, 5.74) is 1.80. The van der Waals surface area contributed by atoms with Gasteiger partial charge in [-0.15, -0.1) is 0 Å². The van der Waals surface area contributed by atoms with E-state index in [4.69, 9.17) is 0 Å². The molecule has 0 aromatic heterocycles. The lowest BCUT2D eigenvalue weighted by atomic mass is 10.2. The van der Waals surface area contributed by atoms with Gasteiger partial charge in [0.25, 0.3) is 0 Å². The Labute approximate surface area is 77.5 Å². The summed E-state index contributed by atoms with van der Waals surface area (Å²) >= 11 is 0. The lowest BCUT2D eigenvalue weighted by Crippen LogP contribution is -2.24. The quantitative estimate of drug-likeness (QED) is 0.711. The molecule has 0 unspecified atom stereocenters. The van der Waals surface area contributed by atoms with Crippen LogP contribution in [-0.4, -0.2) is 13.1 Å². The maximum atomic E-state index is 10.9. The molecule has 0 spiro atoms. The number of anilines is 1. The maximum absolute atomic E-state index is 10.9. The van der Waals surface area contributed by atoms with Crippen LogP contribution in [0.2, 0.25) is 0 Å². The Morgan fingerprint density at radius 3 is 2.46 bits per heavy atom. The van der Waals surface area contributed by atoms with Gasteiger partial charge in [0.15, 0.2) is 0 Å². The van der Waals surface area contributed by atoms with Gasteiger partial charge in [0.2, 0.25) is 0 Å². The topological polar surface area (TPSA) is 41.1 Å². The largest absolute Gasteiger partial charge is 0.341 e. The highest BCUT2D eigenvalue weighted by Crippen LogP contribution is 2.09. The normalized spacial score (nSPS) is 9.00. The molecule has 68 valence electrons. The molecule has 0 fully saturated rings. The summed E-state index contributed by atoms with van der Waals surface area (Å²) in [6.45, 7) is 3.64. The van der Waals surface area contributed by atoms with Crippen LogP contribution in [0.4, 0.5) is 10.5 Å². The van der Waals surface area contributed by atoms with Gasteiger partial charge in [0.1, 0.15) is 0 Å². The molecule has 0 bridgehead atoms. The Morgan fingerprint density at radius 2 is 2.00 bits per heavy atom. The molecule has 1 rings (SSSR count). The van der Waals surface area contributed by atoms with E-state index >= 15 is 0 Å². The van der Waals surface area contributed by atoms with Crippen molar-refractivity contribution in [1.82, 2.24) is 5.32 Å². The SMILES string of the molecule is C=Cc1ccc(NC(=O)NC)cc1. The van der Waals surface area contributed by atoms with Gasteiger partial charge in [-0.3, -0.25) is 0 Å². The Kier molecular flexibility index (Phi) is 3.09. The van der Waals surface area contributed by atoms with Crippen LogP contribution in [0.1, 0.15) is 5.56 Å². The molecule has 1 aromatic rings. The van der Waals surface area contributed by atoms with Crippen molar-refractivity contribution in [2.45, 2.75) is 0 Å². The van der Waals surface area contributed by atoms with E-state index in [0.29, 0.717) is 0 Å². The molecule has 0 saturated heterocycles. The molecule has 0 saturated carbocycles. The van der Waals surface area contributed by atoms with Crippen LogP contribution in [0.15, 0.2) is 30.8 Å². The third-order valence-corrected chi connectivity index (χ3v) is 1.63. The third kappa shape index (κ3) is 2.63. The van der Waals surface area contributed by atoms with Crippen molar-refractivity contribution in [2.75, 3.05) is 12.4 Å². The molecule has 13 heavy (non-hydrogen) atoms. The molecule has 0 aliphatic rings. The molecule has 0 atom stereocenters. The number of hydrogen-bond acceptors (Lipinski definition) is 1. The van der Waals surface area contributed by atoms with E-state index in [1.807, 2.05) is 24.3 Å². The lowest BCUT2D eigenvalue weighted by Gasteiger charge is -2.03. The number of amides is 2. The Morgan fingerprint density at radius 1 is 1.38 bits per heavy atom. The van der Waals surface area contributed by atoms with Gasteiger partial charge in [-0.2, -0.15) is 0 Å². The van der Waals surface area contributed by atoms with Crippen LogP contribution in [0, 0.1) is 0 Å². The summed E-state index contributed by atoms with van der Waals surface area (Å²) in [6.07, 6.45) is 1.75. The van der Waals surface area contributed by atoms with Gasteiger partial charge in [-0.05, 0) is 17.7 Å². The fraction of sp³-hybridized carbons (Fsp3) is 0.100. The second-order valence-electron chi connectivity index (χ2n) is 2.53. The third-order valence-electron chi connectivity index (χ3n) is 1.63. The standard InChI is InChI=1S/C10H12N2O/c1-3-8-4-6-9(7-5-8)12-10(13)11-2/h3-7H,1H2,2H3,(H2,11,12,13). The van der Waals surface area contributed by atoms with E-state index < -0.39 is 0 Å².